The van der Waals surface area contributed by atoms with Crippen LogP contribution >= 0.6 is 0 Å². The van der Waals surface area contributed by atoms with E-state index in [0.717, 1.165) is 16.9 Å². The number of methoxy groups -OCH3 is 1. The maximum Gasteiger partial charge on any atom is 0.224 e. The summed E-state index contributed by atoms with van der Waals surface area (Å²) in [5.41, 5.74) is 1.78. The Labute approximate surface area is 161 Å². The summed E-state index contributed by atoms with van der Waals surface area (Å²) >= 11 is 0. The highest BCUT2D eigenvalue weighted by molar-refractivity contribution is 7.88. The van der Waals surface area contributed by atoms with E-state index >= 15 is 0 Å². The first kappa shape index (κ1) is 20.9. The van der Waals surface area contributed by atoms with Crippen LogP contribution in [0.15, 0.2) is 54.6 Å². The SMILES string of the molecule is COc1ccc(CC(=O)NCCN(C(C)c2ccccc2)S(C)(=O)=O)cc1. The molecule has 1 amide bonds. The van der Waals surface area contributed by atoms with Crippen LogP contribution in [-0.2, 0) is 21.2 Å². The fraction of sp³-hybridized carbons (Fsp3) is 0.350. The van der Waals surface area contributed by atoms with Crippen molar-refractivity contribution in [1.29, 1.82) is 0 Å². The molecule has 0 aliphatic carbocycles. The molecule has 1 atom stereocenters. The van der Waals surface area contributed by atoms with Gasteiger partial charge >= 0.3 is 0 Å². The maximum atomic E-state index is 12.2. The molecule has 0 fully saturated rings. The Hall–Kier alpha value is -2.38. The van der Waals surface area contributed by atoms with E-state index in [4.69, 9.17) is 4.74 Å². The summed E-state index contributed by atoms with van der Waals surface area (Å²) in [5, 5.41) is 2.79. The standard InChI is InChI=1S/C20H26N2O4S/c1-16(18-7-5-4-6-8-18)22(27(3,24)25)14-13-21-20(23)15-17-9-11-19(26-2)12-10-17/h4-12,16H,13-15H2,1-3H3,(H,21,23). The van der Waals surface area contributed by atoms with Gasteiger partial charge in [-0.1, -0.05) is 42.5 Å². The van der Waals surface area contributed by atoms with Gasteiger partial charge in [-0.3, -0.25) is 4.79 Å². The normalized spacial score (nSPS) is 12.6. The van der Waals surface area contributed by atoms with Crippen LogP contribution in [0.1, 0.15) is 24.1 Å². The number of nitrogens with zero attached hydrogens (tertiary/aromatic N) is 1. The molecule has 6 nitrogen and oxygen atoms in total. The van der Waals surface area contributed by atoms with E-state index in [2.05, 4.69) is 5.32 Å². The molecule has 27 heavy (non-hydrogen) atoms. The average Bonchev–Trinajstić information content (AvgIpc) is 2.65. The van der Waals surface area contributed by atoms with Crippen LogP contribution in [0.25, 0.3) is 0 Å². The second kappa shape index (κ2) is 9.53. The van der Waals surface area contributed by atoms with E-state index in [1.807, 2.05) is 49.4 Å². The molecule has 0 saturated carbocycles. The predicted octanol–water partition coefficient (Wildman–Crippen LogP) is 2.38. The van der Waals surface area contributed by atoms with Crippen LogP contribution in [0.5, 0.6) is 5.75 Å². The summed E-state index contributed by atoms with van der Waals surface area (Å²) in [6.45, 7) is 2.30. The third kappa shape index (κ3) is 6.37. The highest BCUT2D eigenvalue weighted by atomic mass is 32.2. The summed E-state index contributed by atoms with van der Waals surface area (Å²) in [6.07, 6.45) is 1.42. The Morgan fingerprint density at radius 2 is 1.74 bits per heavy atom. The molecule has 0 aromatic heterocycles. The third-order valence-electron chi connectivity index (χ3n) is 4.32. The second-order valence-corrected chi connectivity index (χ2v) is 8.27. The van der Waals surface area contributed by atoms with Crippen LogP contribution < -0.4 is 10.1 Å². The Morgan fingerprint density at radius 3 is 2.30 bits per heavy atom. The van der Waals surface area contributed by atoms with Crippen LogP contribution in [0.2, 0.25) is 0 Å². The van der Waals surface area contributed by atoms with E-state index < -0.39 is 10.0 Å². The van der Waals surface area contributed by atoms with Crippen LogP contribution in [0.4, 0.5) is 0 Å². The number of carbonyl (C=O) groups excluding carboxylic acids is 1. The largest absolute Gasteiger partial charge is 0.497 e. The van der Waals surface area contributed by atoms with Gasteiger partial charge in [0, 0.05) is 19.1 Å². The molecule has 2 aromatic rings. The zero-order valence-corrected chi connectivity index (χ0v) is 16.7. The van der Waals surface area contributed by atoms with Gasteiger partial charge in [0.1, 0.15) is 5.75 Å². The second-order valence-electron chi connectivity index (χ2n) is 6.34. The average molecular weight is 391 g/mol. The molecule has 0 bridgehead atoms. The molecule has 1 unspecified atom stereocenters. The van der Waals surface area contributed by atoms with Crippen LogP contribution in [0, 0.1) is 0 Å². The van der Waals surface area contributed by atoms with Gasteiger partial charge in [0.25, 0.3) is 0 Å². The number of rotatable bonds is 9. The first-order valence-corrected chi connectivity index (χ1v) is 10.6. The Balaban J connectivity index is 1.92. The van der Waals surface area contributed by atoms with Crippen molar-refractivity contribution in [2.45, 2.75) is 19.4 Å². The molecule has 0 radical (unpaired) electrons. The van der Waals surface area contributed by atoms with Gasteiger partial charge in [-0.05, 0) is 30.2 Å². The molecular formula is C20H26N2O4S. The van der Waals surface area contributed by atoms with E-state index in [9.17, 15) is 13.2 Å². The van der Waals surface area contributed by atoms with E-state index in [1.54, 1.807) is 19.2 Å². The molecule has 0 aliphatic heterocycles. The number of hydrogen-bond acceptors (Lipinski definition) is 4. The van der Waals surface area contributed by atoms with Crippen molar-refractivity contribution in [3.8, 4) is 5.75 Å². The lowest BCUT2D eigenvalue weighted by Gasteiger charge is -2.27. The van der Waals surface area contributed by atoms with Gasteiger partial charge in [0.05, 0.1) is 19.8 Å². The fourth-order valence-electron chi connectivity index (χ4n) is 2.84. The lowest BCUT2D eigenvalue weighted by atomic mass is 10.1. The molecule has 2 aromatic carbocycles. The molecule has 2 rings (SSSR count). The van der Waals surface area contributed by atoms with Gasteiger partial charge in [0.2, 0.25) is 15.9 Å². The van der Waals surface area contributed by atoms with Gasteiger partial charge in [0.15, 0.2) is 0 Å². The highest BCUT2D eigenvalue weighted by Crippen LogP contribution is 2.22. The maximum absolute atomic E-state index is 12.2. The summed E-state index contributed by atoms with van der Waals surface area (Å²) in [4.78, 5) is 12.1. The minimum absolute atomic E-state index is 0.152. The summed E-state index contributed by atoms with van der Waals surface area (Å²) in [7, 11) is -1.82. The highest BCUT2D eigenvalue weighted by Gasteiger charge is 2.24. The van der Waals surface area contributed by atoms with Crippen molar-refractivity contribution in [3.63, 3.8) is 0 Å². The number of amides is 1. The summed E-state index contributed by atoms with van der Waals surface area (Å²) in [6, 6.07) is 16.4. The quantitative estimate of drug-likeness (QED) is 0.713. The number of carbonyl (C=O) groups is 1. The van der Waals surface area contributed by atoms with Gasteiger partial charge in [-0.2, -0.15) is 4.31 Å². The van der Waals surface area contributed by atoms with E-state index in [-0.39, 0.29) is 31.5 Å². The Morgan fingerprint density at radius 1 is 1.11 bits per heavy atom. The zero-order valence-electron chi connectivity index (χ0n) is 15.9. The monoisotopic (exact) mass is 390 g/mol. The Bertz CT molecular complexity index is 836. The molecular weight excluding hydrogens is 364 g/mol. The fourth-order valence-corrected chi connectivity index (χ4v) is 3.96. The topological polar surface area (TPSA) is 75.7 Å². The van der Waals surface area contributed by atoms with Crippen molar-refractivity contribution in [3.05, 3.63) is 65.7 Å². The van der Waals surface area contributed by atoms with Gasteiger partial charge in [-0.15, -0.1) is 0 Å². The predicted molar refractivity (Wildman–Crippen MR) is 106 cm³/mol. The summed E-state index contributed by atoms with van der Waals surface area (Å²) < 4.78 is 30.8. The van der Waals surface area contributed by atoms with Crippen LogP contribution in [-0.4, -0.2) is 45.1 Å². The van der Waals surface area contributed by atoms with Gasteiger partial charge < -0.3 is 10.1 Å². The lowest BCUT2D eigenvalue weighted by molar-refractivity contribution is -0.120. The number of benzene rings is 2. The van der Waals surface area contributed by atoms with E-state index in [0.29, 0.717) is 0 Å². The zero-order chi connectivity index (χ0) is 19.9. The molecule has 0 heterocycles. The third-order valence-corrected chi connectivity index (χ3v) is 5.67. The first-order valence-electron chi connectivity index (χ1n) is 8.72. The van der Waals surface area contributed by atoms with E-state index in [1.165, 1.54) is 10.6 Å². The number of ether oxygens (including phenoxy) is 1. The Kier molecular flexibility index (Phi) is 7.38. The first-order chi connectivity index (χ1) is 12.8. The van der Waals surface area contributed by atoms with Crippen molar-refractivity contribution < 1.29 is 17.9 Å². The van der Waals surface area contributed by atoms with Crippen molar-refractivity contribution in [1.82, 2.24) is 9.62 Å². The van der Waals surface area contributed by atoms with Crippen molar-refractivity contribution >= 4 is 15.9 Å². The lowest BCUT2D eigenvalue weighted by Crippen LogP contribution is -2.39. The van der Waals surface area contributed by atoms with Gasteiger partial charge in [-0.25, -0.2) is 8.42 Å². The molecule has 0 spiro atoms. The number of hydrogen-bond donors (Lipinski definition) is 1. The number of nitrogens with one attached hydrogen (secondary N) is 1. The smallest absolute Gasteiger partial charge is 0.224 e. The van der Waals surface area contributed by atoms with Crippen LogP contribution in [0.3, 0.4) is 0 Å². The van der Waals surface area contributed by atoms with Crippen molar-refractivity contribution in [2.75, 3.05) is 26.5 Å². The minimum atomic E-state index is -3.41. The minimum Gasteiger partial charge on any atom is -0.497 e. The molecule has 1 N–H and O–H groups in total. The summed E-state index contributed by atoms with van der Waals surface area (Å²) in [5.74, 6) is 0.582. The molecule has 146 valence electrons. The number of sulfonamides is 1. The molecule has 0 saturated heterocycles. The molecule has 0 aliphatic rings. The van der Waals surface area contributed by atoms with Crippen molar-refractivity contribution in [2.24, 2.45) is 0 Å². The molecule has 7 heteroatoms.